The molecule has 2 aliphatic heterocycles. The van der Waals surface area contributed by atoms with E-state index in [9.17, 15) is 0 Å². The van der Waals surface area contributed by atoms with Crippen LogP contribution < -0.4 is 5.30 Å². The van der Waals surface area contributed by atoms with Gasteiger partial charge in [0.15, 0.2) is 0 Å². The third kappa shape index (κ3) is 1.80. The summed E-state index contributed by atoms with van der Waals surface area (Å²) in [5, 5.41) is 0.886. The Balaban J connectivity index is 2.02. The van der Waals surface area contributed by atoms with Gasteiger partial charge in [-0.1, -0.05) is 0 Å². The molecule has 18 heavy (non-hydrogen) atoms. The molecule has 0 amide bonds. The molecule has 0 aromatic heterocycles. The zero-order valence-electron chi connectivity index (χ0n) is 10.8. The molecule has 0 radical (unpaired) electrons. The molecule has 1 spiro atoms. The van der Waals surface area contributed by atoms with Gasteiger partial charge in [-0.2, -0.15) is 0 Å². The fraction of sp³-hybridized carbons (Fsp3) is 0.538. The molecule has 0 aliphatic carbocycles. The van der Waals surface area contributed by atoms with Crippen LogP contribution >= 0.6 is 7.51 Å². The van der Waals surface area contributed by atoms with Crippen LogP contribution in [0.5, 0.6) is 0 Å². The van der Waals surface area contributed by atoms with Gasteiger partial charge >= 0.3 is 107 Å². The van der Waals surface area contributed by atoms with E-state index in [2.05, 4.69) is 13.8 Å². The molecule has 3 rings (SSSR count). The van der Waals surface area contributed by atoms with Crippen LogP contribution in [0.4, 0.5) is 0 Å². The fourth-order valence-corrected chi connectivity index (χ4v) is 5.82. The van der Waals surface area contributed by atoms with Crippen molar-refractivity contribution in [2.24, 2.45) is 5.41 Å². The van der Waals surface area contributed by atoms with E-state index in [1.807, 2.05) is 30.3 Å². The average molecular weight is 270 g/mol. The maximum absolute atomic E-state index is 6.08. The predicted molar refractivity (Wildman–Crippen MR) is 70.6 cm³/mol. The summed E-state index contributed by atoms with van der Waals surface area (Å²) in [5.74, 6) is 0. The van der Waals surface area contributed by atoms with Gasteiger partial charge in [0.05, 0.1) is 0 Å². The zero-order valence-corrected chi connectivity index (χ0v) is 11.7. The third-order valence-corrected chi connectivity index (χ3v) is 6.79. The van der Waals surface area contributed by atoms with Gasteiger partial charge in [-0.15, -0.1) is 0 Å². The zero-order chi connectivity index (χ0) is 12.7. The molecule has 2 fully saturated rings. The van der Waals surface area contributed by atoms with Gasteiger partial charge in [0, 0.05) is 0 Å². The van der Waals surface area contributed by atoms with Crippen molar-refractivity contribution in [3.8, 4) is 0 Å². The molecule has 100 valence electrons. The minimum atomic E-state index is -3.52. The molecule has 0 atom stereocenters. The summed E-state index contributed by atoms with van der Waals surface area (Å²) in [4.78, 5) is 0. The second kappa shape index (κ2) is 3.99. The number of benzene rings is 1. The Hall–Kier alpha value is -0.510. The van der Waals surface area contributed by atoms with Gasteiger partial charge in [0.25, 0.3) is 0 Å². The van der Waals surface area contributed by atoms with Crippen molar-refractivity contribution in [2.75, 3.05) is 26.4 Å². The summed E-state index contributed by atoms with van der Waals surface area (Å²) in [6.45, 7) is 6.43. The second-order valence-electron chi connectivity index (χ2n) is 5.53. The Labute approximate surface area is 107 Å². The first kappa shape index (κ1) is 12.5. The van der Waals surface area contributed by atoms with E-state index in [0.29, 0.717) is 26.4 Å². The van der Waals surface area contributed by atoms with E-state index in [0.717, 1.165) is 5.30 Å². The Morgan fingerprint density at radius 1 is 0.889 bits per heavy atom. The molecule has 5 heteroatoms. The van der Waals surface area contributed by atoms with E-state index in [1.54, 1.807) is 0 Å². The summed E-state index contributed by atoms with van der Waals surface area (Å²) in [6.07, 6.45) is 0. The Morgan fingerprint density at radius 2 is 1.44 bits per heavy atom. The van der Waals surface area contributed by atoms with Crippen molar-refractivity contribution in [3.05, 3.63) is 30.3 Å². The number of hydrogen-bond donors (Lipinski definition) is 0. The standard InChI is InChI=1S/C13H19O4P/c1-13(2)10-16-18(17-11-13,14-8-9-15-18)12-6-4-3-5-7-12/h3-7H,8-11H2,1-2H3. The van der Waals surface area contributed by atoms with Crippen molar-refractivity contribution < 1.29 is 18.1 Å². The molecule has 0 saturated carbocycles. The monoisotopic (exact) mass is 270 g/mol. The molecule has 1 aromatic rings. The summed E-state index contributed by atoms with van der Waals surface area (Å²) >= 11 is 0. The van der Waals surface area contributed by atoms with Crippen molar-refractivity contribution in [1.29, 1.82) is 0 Å². The minimum absolute atomic E-state index is 0.00671. The summed E-state index contributed by atoms with van der Waals surface area (Å²) in [6, 6.07) is 9.79. The van der Waals surface area contributed by atoms with Gasteiger partial charge in [-0.3, -0.25) is 0 Å². The third-order valence-electron chi connectivity index (χ3n) is 3.24. The number of rotatable bonds is 1. The first-order valence-corrected chi connectivity index (χ1v) is 8.13. The van der Waals surface area contributed by atoms with Crippen LogP contribution in [0.2, 0.25) is 0 Å². The quantitative estimate of drug-likeness (QED) is 0.735. The van der Waals surface area contributed by atoms with E-state index in [4.69, 9.17) is 18.1 Å². The van der Waals surface area contributed by atoms with Gasteiger partial charge in [0.1, 0.15) is 0 Å². The van der Waals surface area contributed by atoms with Crippen LogP contribution in [0.1, 0.15) is 13.8 Å². The van der Waals surface area contributed by atoms with Crippen LogP contribution in [-0.2, 0) is 18.1 Å². The van der Waals surface area contributed by atoms with Crippen molar-refractivity contribution >= 4 is 12.8 Å². The summed E-state index contributed by atoms with van der Waals surface area (Å²) in [7, 11) is -3.52. The second-order valence-corrected chi connectivity index (χ2v) is 8.70. The van der Waals surface area contributed by atoms with Gasteiger partial charge in [-0.25, -0.2) is 0 Å². The molecule has 0 N–H and O–H groups in total. The number of hydrogen-bond acceptors (Lipinski definition) is 4. The Kier molecular flexibility index (Phi) is 2.78. The van der Waals surface area contributed by atoms with Crippen molar-refractivity contribution in [1.82, 2.24) is 0 Å². The normalized spacial score (nSPS) is 30.7. The van der Waals surface area contributed by atoms with Crippen molar-refractivity contribution in [3.63, 3.8) is 0 Å². The van der Waals surface area contributed by atoms with E-state index in [-0.39, 0.29) is 5.41 Å². The van der Waals surface area contributed by atoms with E-state index < -0.39 is 7.51 Å². The Morgan fingerprint density at radius 3 is 2.00 bits per heavy atom. The average Bonchev–Trinajstić information content (AvgIpc) is 2.82. The molecule has 2 saturated heterocycles. The Bertz CT molecular complexity index is 426. The van der Waals surface area contributed by atoms with Gasteiger partial charge in [0.2, 0.25) is 0 Å². The molecule has 1 aromatic carbocycles. The van der Waals surface area contributed by atoms with E-state index >= 15 is 0 Å². The molecule has 2 aliphatic rings. The predicted octanol–water partition coefficient (Wildman–Crippen LogP) is 2.65. The van der Waals surface area contributed by atoms with Gasteiger partial charge in [-0.05, 0) is 0 Å². The molecular weight excluding hydrogens is 251 g/mol. The summed E-state index contributed by atoms with van der Waals surface area (Å²) in [5.41, 5.74) is -0.00671. The fourth-order valence-electron chi connectivity index (χ4n) is 2.20. The maximum atomic E-state index is 6.08. The van der Waals surface area contributed by atoms with Crippen LogP contribution in [0.3, 0.4) is 0 Å². The molecule has 0 unspecified atom stereocenters. The molecule has 4 nitrogen and oxygen atoms in total. The van der Waals surface area contributed by atoms with Crippen molar-refractivity contribution in [2.45, 2.75) is 13.8 Å². The first-order valence-electron chi connectivity index (χ1n) is 6.23. The van der Waals surface area contributed by atoms with E-state index in [1.165, 1.54) is 0 Å². The van der Waals surface area contributed by atoms with Gasteiger partial charge < -0.3 is 0 Å². The summed E-state index contributed by atoms with van der Waals surface area (Å²) < 4.78 is 24.0. The molecule has 2 heterocycles. The molecule has 0 bridgehead atoms. The van der Waals surface area contributed by atoms with Crippen LogP contribution in [-0.4, -0.2) is 26.4 Å². The first-order chi connectivity index (χ1) is 8.55. The van der Waals surface area contributed by atoms with Crippen LogP contribution in [0, 0.1) is 5.41 Å². The topological polar surface area (TPSA) is 36.9 Å². The van der Waals surface area contributed by atoms with Crippen LogP contribution in [0.25, 0.3) is 0 Å². The SMILES string of the molecule is CC1(C)COP2(c3ccccc3)(OCCO2)OC1. The van der Waals surface area contributed by atoms with Crippen LogP contribution in [0.15, 0.2) is 30.3 Å². The molecular formula is C13H19O4P.